The molecule has 120 valence electrons. The molecule has 1 aromatic carbocycles. The van der Waals surface area contributed by atoms with Crippen LogP contribution in [-0.4, -0.2) is 24.8 Å². The highest BCUT2D eigenvalue weighted by molar-refractivity contribution is 7.15. The van der Waals surface area contributed by atoms with Gasteiger partial charge in [0, 0.05) is 36.7 Å². The molecule has 0 unspecified atom stereocenters. The molecule has 1 N–H and O–H groups in total. The quantitative estimate of drug-likeness (QED) is 0.609. The molecule has 4 rings (SSSR count). The molecule has 0 spiro atoms. The molecule has 1 amide bonds. The van der Waals surface area contributed by atoms with Crippen molar-refractivity contribution in [2.75, 3.05) is 0 Å². The third-order valence-electron chi connectivity index (χ3n) is 3.79. The van der Waals surface area contributed by atoms with E-state index in [1.54, 1.807) is 18.7 Å². The van der Waals surface area contributed by atoms with Gasteiger partial charge in [-0.3, -0.25) is 9.20 Å². The number of aromatic nitrogens is 4. The van der Waals surface area contributed by atoms with E-state index in [0.717, 1.165) is 10.5 Å². The maximum Gasteiger partial charge on any atom is 0.272 e. The lowest BCUT2D eigenvalue weighted by atomic mass is 10.1. The standard InChI is InChI=1S/C17H15N5OS/c23-16(15-11-22-8-9-24-17(22)20-15)19-14(10-21-7-6-18-12-21)13-4-2-1-3-5-13/h1-9,11-12,14H,10H2,(H,19,23)/t14-/m1/s1. The number of carbonyl (C=O) groups excluding carboxylic acids is 1. The maximum absolute atomic E-state index is 12.6. The molecule has 0 radical (unpaired) electrons. The van der Waals surface area contributed by atoms with Crippen LogP contribution >= 0.6 is 11.3 Å². The van der Waals surface area contributed by atoms with Gasteiger partial charge in [-0.2, -0.15) is 0 Å². The van der Waals surface area contributed by atoms with Crippen LogP contribution in [0.1, 0.15) is 22.1 Å². The van der Waals surface area contributed by atoms with Gasteiger partial charge < -0.3 is 9.88 Å². The lowest BCUT2D eigenvalue weighted by Gasteiger charge is -2.19. The Bertz CT molecular complexity index is 913. The number of nitrogens with one attached hydrogen (secondary N) is 1. The molecule has 7 heteroatoms. The molecule has 4 aromatic rings. The summed E-state index contributed by atoms with van der Waals surface area (Å²) in [6.07, 6.45) is 9.00. The smallest absolute Gasteiger partial charge is 0.272 e. The molecule has 0 fully saturated rings. The van der Waals surface area contributed by atoms with Gasteiger partial charge in [-0.25, -0.2) is 9.97 Å². The topological polar surface area (TPSA) is 64.2 Å². The molecule has 3 heterocycles. The van der Waals surface area contributed by atoms with Crippen molar-refractivity contribution < 1.29 is 4.79 Å². The number of hydrogen-bond acceptors (Lipinski definition) is 4. The number of nitrogens with zero attached hydrogens (tertiary/aromatic N) is 4. The molecule has 0 saturated heterocycles. The molecule has 0 bridgehead atoms. The van der Waals surface area contributed by atoms with Crippen LogP contribution in [0.15, 0.2) is 66.8 Å². The van der Waals surface area contributed by atoms with E-state index in [0.29, 0.717) is 12.2 Å². The van der Waals surface area contributed by atoms with Gasteiger partial charge in [0.1, 0.15) is 5.69 Å². The van der Waals surface area contributed by atoms with Gasteiger partial charge in [-0.15, -0.1) is 11.3 Å². The van der Waals surface area contributed by atoms with Crippen molar-refractivity contribution in [2.24, 2.45) is 0 Å². The van der Waals surface area contributed by atoms with Gasteiger partial charge in [-0.05, 0) is 5.56 Å². The summed E-state index contributed by atoms with van der Waals surface area (Å²) < 4.78 is 3.80. The van der Waals surface area contributed by atoms with Gasteiger partial charge in [0.15, 0.2) is 4.96 Å². The van der Waals surface area contributed by atoms with Crippen LogP contribution in [0.4, 0.5) is 0 Å². The lowest BCUT2D eigenvalue weighted by Crippen LogP contribution is -2.31. The van der Waals surface area contributed by atoms with Crippen LogP contribution < -0.4 is 5.32 Å². The Kier molecular flexibility index (Phi) is 3.84. The molecule has 0 aliphatic rings. The van der Waals surface area contributed by atoms with E-state index in [1.807, 2.05) is 57.1 Å². The van der Waals surface area contributed by atoms with Crippen molar-refractivity contribution in [1.82, 2.24) is 24.3 Å². The highest BCUT2D eigenvalue weighted by Gasteiger charge is 2.18. The van der Waals surface area contributed by atoms with E-state index in [9.17, 15) is 4.79 Å². The predicted molar refractivity (Wildman–Crippen MR) is 91.9 cm³/mol. The van der Waals surface area contributed by atoms with Crippen LogP contribution in [-0.2, 0) is 6.54 Å². The van der Waals surface area contributed by atoms with Gasteiger partial charge in [0.2, 0.25) is 0 Å². The number of imidazole rings is 2. The average Bonchev–Trinajstić information content (AvgIpc) is 3.32. The minimum atomic E-state index is -0.181. The maximum atomic E-state index is 12.6. The zero-order valence-corrected chi connectivity index (χ0v) is 13.6. The van der Waals surface area contributed by atoms with Crippen molar-refractivity contribution in [3.63, 3.8) is 0 Å². The van der Waals surface area contributed by atoms with Crippen LogP contribution in [0.25, 0.3) is 4.96 Å². The zero-order valence-electron chi connectivity index (χ0n) is 12.7. The molecule has 1 atom stereocenters. The van der Waals surface area contributed by atoms with E-state index in [1.165, 1.54) is 11.3 Å². The molecule has 6 nitrogen and oxygen atoms in total. The monoisotopic (exact) mass is 337 g/mol. The largest absolute Gasteiger partial charge is 0.342 e. The minimum Gasteiger partial charge on any atom is -0.342 e. The number of fused-ring (bicyclic) bond motifs is 1. The number of hydrogen-bond donors (Lipinski definition) is 1. The summed E-state index contributed by atoms with van der Waals surface area (Å²) in [6.45, 7) is 0.609. The van der Waals surface area contributed by atoms with Gasteiger partial charge >= 0.3 is 0 Å². The minimum absolute atomic E-state index is 0.160. The van der Waals surface area contributed by atoms with Gasteiger partial charge in [0.05, 0.1) is 12.4 Å². The second kappa shape index (κ2) is 6.29. The van der Waals surface area contributed by atoms with E-state index >= 15 is 0 Å². The first-order valence-electron chi connectivity index (χ1n) is 7.53. The molecular weight excluding hydrogens is 322 g/mol. The first-order valence-corrected chi connectivity index (χ1v) is 8.41. The van der Waals surface area contributed by atoms with Crippen molar-refractivity contribution in [3.05, 3.63) is 78.1 Å². The summed E-state index contributed by atoms with van der Waals surface area (Å²) in [6, 6.07) is 9.75. The highest BCUT2D eigenvalue weighted by Crippen LogP contribution is 2.17. The third-order valence-corrected chi connectivity index (χ3v) is 4.56. The molecule has 24 heavy (non-hydrogen) atoms. The Morgan fingerprint density at radius 1 is 1.25 bits per heavy atom. The first-order chi connectivity index (χ1) is 11.8. The summed E-state index contributed by atoms with van der Waals surface area (Å²) in [5, 5.41) is 5.02. The lowest BCUT2D eigenvalue weighted by molar-refractivity contribution is 0.0928. The Balaban J connectivity index is 1.58. The van der Waals surface area contributed by atoms with E-state index in [4.69, 9.17) is 0 Å². The first kappa shape index (κ1) is 14.6. The number of thiazole rings is 1. The third kappa shape index (κ3) is 2.93. The fourth-order valence-corrected chi connectivity index (χ4v) is 3.29. The summed E-state index contributed by atoms with van der Waals surface area (Å²) in [4.78, 5) is 21.9. The zero-order chi connectivity index (χ0) is 16.4. The normalized spacial score (nSPS) is 12.3. The molecular formula is C17H15N5OS. The molecule has 0 aliphatic carbocycles. The van der Waals surface area contributed by atoms with Crippen molar-refractivity contribution in [3.8, 4) is 0 Å². The van der Waals surface area contributed by atoms with E-state index in [-0.39, 0.29) is 11.9 Å². The van der Waals surface area contributed by atoms with Crippen molar-refractivity contribution in [2.45, 2.75) is 12.6 Å². The summed E-state index contributed by atoms with van der Waals surface area (Å²) in [5.41, 5.74) is 1.47. The van der Waals surface area contributed by atoms with Gasteiger partial charge in [-0.1, -0.05) is 30.3 Å². The fourth-order valence-electron chi connectivity index (χ4n) is 2.59. The number of amides is 1. The van der Waals surface area contributed by atoms with Crippen LogP contribution in [0, 0.1) is 0 Å². The Labute approximate surface area is 142 Å². The fraction of sp³-hybridized carbons (Fsp3) is 0.118. The predicted octanol–water partition coefficient (Wildman–Crippen LogP) is 2.76. The highest BCUT2D eigenvalue weighted by atomic mass is 32.1. The molecule has 3 aromatic heterocycles. The Hall–Kier alpha value is -2.93. The van der Waals surface area contributed by atoms with Crippen LogP contribution in [0.2, 0.25) is 0 Å². The van der Waals surface area contributed by atoms with Crippen molar-refractivity contribution >= 4 is 22.2 Å². The van der Waals surface area contributed by atoms with Gasteiger partial charge in [0.25, 0.3) is 5.91 Å². The molecule has 0 saturated carbocycles. The van der Waals surface area contributed by atoms with Crippen LogP contribution in [0.3, 0.4) is 0 Å². The SMILES string of the molecule is O=C(N[C@H](Cn1ccnc1)c1ccccc1)c1cn2ccsc2n1. The average molecular weight is 337 g/mol. The summed E-state index contributed by atoms with van der Waals surface area (Å²) >= 11 is 1.50. The second-order valence-electron chi connectivity index (χ2n) is 5.42. The van der Waals surface area contributed by atoms with E-state index in [2.05, 4.69) is 15.3 Å². The molecule has 0 aliphatic heterocycles. The number of carbonyl (C=O) groups is 1. The van der Waals surface area contributed by atoms with Crippen LogP contribution in [0.5, 0.6) is 0 Å². The summed E-state index contributed by atoms with van der Waals surface area (Å²) in [5.74, 6) is -0.181. The number of benzene rings is 1. The number of rotatable bonds is 5. The van der Waals surface area contributed by atoms with Crippen molar-refractivity contribution in [1.29, 1.82) is 0 Å². The second-order valence-corrected chi connectivity index (χ2v) is 6.29. The van der Waals surface area contributed by atoms with E-state index < -0.39 is 0 Å². The summed E-state index contributed by atoms with van der Waals surface area (Å²) in [7, 11) is 0. The Morgan fingerprint density at radius 2 is 2.12 bits per heavy atom. The Morgan fingerprint density at radius 3 is 2.88 bits per heavy atom.